The molecule has 102 valence electrons. The molecule has 2 fully saturated rings. The maximum absolute atomic E-state index is 12.4. The fraction of sp³-hybridized carbons (Fsp3) is 0.846. The Bertz CT molecular complexity index is 331. The highest BCUT2D eigenvalue weighted by molar-refractivity contribution is 5.85. The van der Waals surface area contributed by atoms with Crippen molar-refractivity contribution < 1.29 is 19.8 Å². The minimum Gasteiger partial charge on any atom is -0.481 e. The summed E-state index contributed by atoms with van der Waals surface area (Å²) in [5.41, 5.74) is 0. The summed E-state index contributed by atoms with van der Waals surface area (Å²) in [5.74, 6) is -1.70. The van der Waals surface area contributed by atoms with Gasteiger partial charge in [0.2, 0.25) is 5.91 Å². The van der Waals surface area contributed by atoms with Crippen LogP contribution in [0, 0.1) is 11.8 Å². The number of hydrogen-bond donors (Lipinski definition) is 2. The zero-order valence-electron chi connectivity index (χ0n) is 10.5. The predicted octanol–water partition coefficient (Wildman–Crippen LogP) is 0.861. The summed E-state index contributed by atoms with van der Waals surface area (Å²) >= 11 is 0. The van der Waals surface area contributed by atoms with Gasteiger partial charge in [-0.2, -0.15) is 0 Å². The van der Waals surface area contributed by atoms with Crippen molar-refractivity contribution in [3.8, 4) is 0 Å². The number of aliphatic hydroxyl groups is 1. The van der Waals surface area contributed by atoms with Crippen LogP contribution in [-0.4, -0.2) is 46.2 Å². The summed E-state index contributed by atoms with van der Waals surface area (Å²) in [7, 11) is 0. The van der Waals surface area contributed by atoms with E-state index in [1.54, 1.807) is 0 Å². The van der Waals surface area contributed by atoms with Crippen molar-refractivity contribution in [3.05, 3.63) is 0 Å². The number of rotatable bonds is 4. The van der Waals surface area contributed by atoms with Gasteiger partial charge < -0.3 is 15.1 Å². The highest BCUT2D eigenvalue weighted by Gasteiger charge is 2.42. The van der Waals surface area contributed by atoms with Gasteiger partial charge in [0.05, 0.1) is 11.8 Å². The Morgan fingerprint density at radius 1 is 1.11 bits per heavy atom. The number of carbonyl (C=O) groups excluding carboxylic acids is 1. The number of aliphatic hydroxyl groups excluding tert-OH is 1. The first-order valence-electron chi connectivity index (χ1n) is 6.79. The fourth-order valence-corrected chi connectivity index (χ4v) is 3.34. The van der Waals surface area contributed by atoms with E-state index in [1.807, 2.05) is 4.90 Å². The molecule has 1 amide bonds. The Balaban J connectivity index is 2.03. The first-order valence-corrected chi connectivity index (χ1v) is 6.79. The third-order valence-electron chi connectivity index (χ3n) is 4.27. The van der Waals surface area contributed by atoms with Gasteiger partial charge >= 0.3 is 5.97 Å². The molecule has 0 aromatic carbocycles. The monoisotopic (exact) mass is 255 g/mol. The Morgan fingerprint density at radius 3 is 2.50 bits per heavy atom. The van der Waals surface area contributed by atoms with Crippen LogP contribution in [-0.2, 0) is 9.59 Å². The highest BCUT2D eigenvalue weighted by Crippen LogP contribution is 2.35. The molecule has 2 aliphatic rings. The van der Waals surface area contributed by atoms with E-state index in [-0.39, 0.29) is 24.5 Å². The molecule has 0 aromatic heterocycles. The number of nitrogens with zero attached hydrogens (tertiary/aromatic N) is 1. The summed E-state index contributed by atoms with van der Waals surface area (Å²) in [6.45, 7) is 0.799. The fourth-order valence-electron chi connectivity index (χ4n) is 3.34. The SMILES string of the molecule is O=C(O)C1CCCC1C(=O)N1CCCC1CCO. The molecule has 1 saturated heterocycles. The van der Waals surface area contributed by atoms with Crippen LogP contribution in [0.15, 0.2) is 0 Å². The molecule has 1 aliphatic heterocycles. The first kappa shape index (κ1) is 13.3. The molecule has 1 heterocycles. The number of carboxylic acid groups (broad SMARTS) is 1. The van der Waals surface area contributed by atoms with Crippen LogP contribution in [0.25, 0.3) is 0 Å². The van der Waals surface area contributed by atoms with E-state index in [0.29, 0.717) is 25.8 Å². The molecule has 0 bridgehead atoms. The van der Waals surface area contributed by atoms with E-state index in [0.717, 1.165) is 19.3 Å². The van der Waals surface area contributed by atoms with Gasteiger partial charge in [-0.25, -0.2) is 0 Å². The lowest BCUT2D eigenvalue weighted by molar-refractivity contribution is -0.149. The highest BCUT2D eigenvalue weighted by atomic mass is 16.4. The Kier molecular flexibility index (Phi) is 4.22. The van der Waals surface area contributed by atoms with E-state index >= 15 is 0 Å². The van der Waals surface area contributed by atoms with Crippen molar-refractivity contribution in [2.45, 2.75) is 44.6 Å². The van der Waals surface area contributed by atoms with E-state index in [2.05, 4.69) is 0 Å². The molecule has 2 N–H and O–H groups in total. The van der Waals surface area contributed by atoms with Crippen LogP contribution in [0.1, 0.15) is 38.5 Å². The molecule has 0 radical (unpaired) electrons. The molecule has 0 aromatic rings. The molecular weight excluding hydrogens is 234 g/mol. The second kappa shape index (κ2) is 5.69. The van der Waals surface area contributed by atoms with E-state index in [1.165, 1.54) is 0 Å². The van der Waals surface area contributed by atoms with Crippen molar-refractivity contribution in [2.75, 3.05) is 13.2 Å². The number of carbonyl (C=O) groups is 2. The average Bonchev–Trinajstić information content (AvgIpc) is 2.96. The molecule has 5 nitrogen and oxygen atoms in total. The second-order valence-corrected chi connectivity index (χ2v) is 5.32. The molecule has 3 unspecified atom stereocenters. The zero-order valence-corrected chi connectivity index (χ0v) is 10.5. The Hall–Kier alpha value is -1.10. The lowest BCUT2D eigenvalue weighted by Gasteiger charge is -2.28. The molecule has 1 saturated carbocycles. The molecule has 5 heteroatoms. The smallest absolute Gasteiger partial charge is 0.307 e. The van der Waals surface area contributed by atoms with Gasteiger partial charge in [-0.3, -0.25) is 9.59 Å². The van der Waals surface area contributed by atoms with Gasteiger partial charge in [0, 0.05) is 19.2 Å². The molecule has 0 spiro atoms. The van der Waals surface area contributed by atoms with E-state index in [4.69, 9.17) is 10.2 Å². The number of amides is 1. The normalized spacial score (nSPS) is 31.8. The van der Waals surface area contributed by atoms with Gasteiger partial charge in [-0.15, -0.1) is 0 Å². The average molecular weight is 255 g/mol. The van der Waals surface area contributed by atoms with Gasteiger partial charge in [0.1, 0.15) is 0 Å². The summed E-state index contributed by atoms with van der Waals surface area (Å²) in [6, 6.07) is 0.109. The Labute approximate surface area is 107 Å². The minimum atomic E-state index is -0.844. The third-order valence-corrected chi connectivity index (χ3v) is 4.27. The van der Waals surface area contributed by atoms with Crippen molar-refractivity contribution >= 4 is 11.9 Å². The van der Waals surface area contributed by atoms with Gasteiger partial charge in [0.15, 0.2) is 0 Å². The van der Waals surface area contributed by atoms with Crippen LogP contribution in [0.3, 0.4) is 0 Å². The number of carboxylic acids is 1. The molecule has 2 rings (SSSR count). The maximum Gasteiger partial charge on any atom is 0.307 e. The lowest BCUT2D eigenvalue weighted by Crippen LogP contribution is -2.42. The maximum atomic E-state index is 12.4. The summed E-state index contributed by atoms with van der Waals surface area (Å²) in [4.78, 5) is 25.4. The van der Waals surface area contributed by atoms with Crippen LogP contribution >= 0.6 is 0 Å². The quantitative estimate of drug-likeness (QED) is 0.781. The largest absolute Gasteiger partial charge is 0.481 e. The summed E-state index contributed by atoms with van der Waals surface area (Å²) in [6.07, 6.45) is 4.63. The van der Waals surface area contributed by atoms with E-state index in [9.17, 15) is 9.59 Å². The van der Waals surface area contributed by atoms with Crippen LogP contribution in [0.4, 0.5) is 0 Å². The van der Waals surface area contributed by atoms with Crippen LogP contribution in [0.5, 0.6) is 0 Å². The van der Waals surface area contributed by atoms with Crippen LogP contribution < -0.4 is 0 Å². The van der Waals surface area contributed by atoms with Crippen molar-refractivity contribution in [1.29, 1.82) is 0 Å². The standard InChI is InChI=1S/C13H21NO4/c15-8-6-9-3-2-7-14(9)12(16)10-4-1-5-11(10)13(17)18/h9-11,15H,1-8H2,(H,17,18). The Morgan fingerprint density at radius 2 is 1.83 bits per heavy atom. The summed E-state index contributed by atoms with van der Waals surface area (Å²) < 4.78 is 0. The summed E-state index contributed by atoms with van der Waals surface area (Å²) in [5, 5.41) is 18.1. The molecule has 18 heavy (non-hydrogen) atoms. The van der Waals surface area contributed by atoms with Gasteiger partial charge in [0.25, 0.3) is 0 Å². The number of likely N-dealkylation sites (tertiary alicyclic amines) is 1. The molecule has 3 atom stereocenters. The minimum absolute atomic E-state index is 0.00384. The number of hydrogen-bond acceptors (Lipinski definition) is 3. The van der Waals surface area contributed by atoms with Crippen molar-refractivity contribution in [1.82, 2.24) is 4.90 Å². The van der Waals surface area contributed by atoms with Crippen LogP contribution in [0.2, 0.25) is 0 Å². The topological polar surface area (TPSA) is 77.8 Å². The molecular formula is C13H21NO4. The first-order chi connectivity index (χ1) is 8.65. The van der Waals surface area contributed by atoms with Gasteiger partial charge in [-0.1, -0.05) is 6.42 Å². The second-order valence-electron chi connectivity index (χ2n) is 5.32. The van der Waals surface area contributed by atoms with Crippen molar-refractivity contribution in [3.63, 3.8) is 0 Å². The number of aliphatic carboxylic acids is 1. The van der Waals surface area contributed by atoms with Gasteiger partial charge in [-0.05, 0) is 32.1 Å². The predicted molar refractivity (Wildman–Crippen MR) is 64.9 cm³/mol. The third kappa shape index (κ3) is 2.51. The lowest BCUT2D eigenvalue weighted by atomic mass is 9.94. The van der Waals surface area contributed by atoms with Crippen molar-refractivity contribution in [2.24, 2.45) is 11.8 Å². The van der Waals surface area contributed by atoms with E-state index < -0.39 is 11.9 Å². The zero-order chi connectivity index (χ0) is 13.1. The molecule has 1 aliphatic carbocycles.